The van der Waals surface area contributed by atoms with E-state index in [-0.39, 0.29) is 12.2 Å². The largest absolute Gasteiger partial charge is 0.376 e. The van der Waals surface area contributed by atoms with Crippen molar-refractivity contribution >= 4 is 28.9 Å². The Kier molecular flexibility index (Phi) is 4.70. The summed E-state index contributed by atoms with van der Waals surface area (Å²) in [6, 6.07) is 8.15. The Morgan fingerprint density at radius 3 is 2.33 bits per heavy atom. The number of para-hydroxylation sites is 1. The van der Waals surface area contributed by atoms with Crippen molar-refractivity contribution in [3.05, 3.63) is 58.9 Å². The minimum Gasteiger partial charge on any atom is -0.376 e. The van der Waals surface area contributed by atoms with E-state index in [1.807, 2.05) is 0 Å². The third kappa shape index (κ3) is 3.88. The van der Waals surface area contributed by atoms with Crippen LogP contribution in [0.4, 0.5) is 24.5 Å². The Bertz CT molecular complexity index is 656. The van der Waals surface area contributed by atoms with Crippen LogP contribution in [-0.4, -0.2) is 12.5 Å². The van der Waals surface area contributed by atoms with Crippen LogP contribution in [0.3, 0.4) is 0 Å². The van der Waals surface area contributed by atoms with Crippen LogP contribution in [-0.2, 0) is 4.79 Å². The number of anilines is 2. The fourth-order valence-electron chi connectivity index (χ4n) is 1.60. The first kappa shape index (κ1) is 15.2. The zero-order valence-electron chi connectivity index (χ0n) is 10.6. The molecule has 0 radical (unpaired) electrons. The highest BCUT2D eigenvalue weighted by Gasteiger charge is 2.11. The summed E-state index contributed by atoms with van der Waals surface area (Å²) in [6.45, 7) is -0.254. The minimum atomic E-state index is -1.55. The van der Waals surface area contributed by atoms with Gasteiger partial charge in [-0.05, 0) is 12.1 Å². The molecule has 110 valence electrons. The van der Waals surface area contributed by atoms with Gasteiger partial charge in [0.1, 0.15) is 0 Å². The topological polar surface area (TPSA) is 41.1 Å². The standard InChI is InChI=1S/C14H10ClF3N2O/c15-9-3-1-2-4-12(9)20-13(21)7-19-8-5-10(16)14(18)11(17)6-8/h1-6,19H,7H2,(H,20,21). The summed E-state index contributed by atoms with van der Waals surface area (Å²) in [5.74, 6) is -4.68. The summed E-state index contributed by atoms with van der Waals surface area (Å²) in [4.78, 5) is 11.7. The molecular formula is C14H10ClF3N2O. The lowest BCUT2D eigenvalue weighted by Crippen LogP contribution is -2.22. The third-order valence-corrected chi connectivity index (χ3v) is 2.91. The summed E-state index contributed by atoms with van der Waals surface area (Å²) in [7, 11) is 0. The molecule has 7 heteroatoms. The maximum atomic E-state index is 13.0. The second kappa shape index (κ2) is 6.49. The number of carbonyl (C=O) groups is 1. The fourth-order valence-corrected chi connectivity index (χ4v) is 1.78. The number of halogens is 4. The zero-order chi connectivity index (χ0) is 15.4. The van der Waals surface area contributed by atoms with E-state index in [0.717, 1.165) is 12.1 Å². The van der Waals surface area contributed by atoms with Crippen molar-refractivity contribution in [1.82, 2.24) is 0 Å². The number of benzene rings is 2. The highest BCUT2D eigenvalue weighted by atomic mass is 35.5. The molecule has 0 unspecified atom stereocenters. The Balaban J connectivity index is 1.97. The van der Waals surface area contributed by atoms with E-state index in [2.05, 4.69) is 10.6 Å². The molecule has 0 saturated heterocycles. The van der Waals surface area contributed by atoms with Gasteiger partial charge in [0, 0.05) is 17.8 Å². The number of hydrogen-bond acceptors (Lipinski definition) is 2. The van der Waals surface area contributed by atoms with Gasteiger partial charge in [-0.2, -0.15) is 0 Å². The molecule has 0 saturated carbocycles. The summed E-state index contributed by atoms with van der Waals surface area (Å²) in [5, 5.41) is 5.38. The maximum absolute atomic E-state index is 13.0. The van der Waals surface area contributed by atoms with Crippen molar-refractivity contribution in [3.63, 3.8) is 0 Å². The molecule has 0 aliphatic rings. The van der Waals surface area contributed by atoms with E-state index < -0.39 is 23.4 Å². The molecule has 2 aromatic rings. The maximum Gasteiger partial charge on any atom is 0.243 e. The second-order valence-corrected chi connectivity index (χ2v) is 4.54. The third-order valence-electron chi connectivity index (χ3n) is 2.58. The van der Waals surface area contributed by atoms with Gasteiger partial charge in [-0.25, -0.2) is 13.2 Å². The predicted octanol–water partition coefficient (Wildman–Crippen LogP) is 3.81. The molecule has 0 aliphatic carbocycles. The number of carbonyl (C=O) groups excluding carboxylic acids is 1. The van der Waals surface area contributed by atoms with Crippen LogP contribution in [0.15, 0.2) is 36.4 Å². The van der Waals surface area contributed by atoms with Crippen LogP contribution in [0.25, 0.3) is 0 Å². The Morgan fingerprint density at radius 1 is 1.10 bits per heavy atom. The van der Waals surface area contributed by atoms with Crippen molar-refractivity contribution in [3.8, 4) is 0 Å². The lowest BCUT2D eigenvalue weighted by Gasteiger charge is -2.09. The molecular weight excluding hydrogens is 305 g/mol. The van der Waals surface area contributed by atoms with E-state index in [0.29, 0.717) is 10.7 Å². The van der Waals surface area contributed by atoms with Crippen LogP contribution in [0, 0.1) is 17.5 Å². The van der Waals surface area contributed by atoms with Gasteiger partial charge in [-0.15, -0.1) is 0 Å². The highest BCUT2D eigenvalue weighted by molar-refractivity contribution is 6.33. The van der Waals surface area contributed by atoms with Gasteiger partial charge in [0.05, 0.1) is 17.3 Å². The van der Waals surface area contributed by atoms with Gasteiger partial charge in [0.25, 0.3) is 0 Å². The molecule has 2 rings (SSSR count). The molecule has 0 atom stereocenters. The number of hydrogen-bond donors (Lipinski definition) is 2. The van der Waals surface area contributed by atoms with Crippen molar-refractivity contribution in [2.75, 3.05) is 17.2 Å². The van der Waals surface area contributed by atoms with Gasteiger partial charge in [-0.3, -0.25) is 4.79 Å². The predicted molar refractivity (Wildman–Crippen MR) is 74.9 cm³/mol. The molecule has 0 aliphatic heterocycles. The van der Waals surface area contributed by atoms with Crippen LogP contribution < -0.4 is 10.6 Å². The SMILES string of the molecule is O=C(CNc1cc(F)c(F)c(F)c1)Nc1ccccc1Cl. The van der Waals surface area contributed by atoms with E-state index in [1.165, 1.54) is 0 Å². The van der Waals surface area contributed by atoms with Crippen molar-refractivity contribution in [2.24, 2.45) is 0 Å². The van der Waals surface area contributed by atoms with Gasteiger partial charge in [0.2, 0.25) is 5.91 Å². The van der Waals surface area contributed by atoms with Gasteiger partial charge < -0.3 is 10.6 Å². The zero-order valence-corrected chi connectivity index (χ0v) is 11.3. The number of amides is 1. The Labute approximate surface area is 123 Å². The van der Waals surface area contributed by atoms with Crippen LogP contribution in [0.2, 0.25) is 5.02 Å². The quantitative estimate of drug-likeness (QED) is 0.843. The molecule has 2 aromatic carbocycles. The first-order valence-corrected chi connectivity index (χ1v) is 6.28. The van der Waals surface area contributed by atoms with Crippen molar-refractivity contribution < 1.29 is 18.0 Å². The molecule has 3 nitrogen and oxygen atoms in total. The molecule has 0 spiro atoms. The van der Waals surface area contributed by atoms with Crippen molar-refractivity contribution in [2.45, 2.75) is 0 Å². The first-order chi connectivity index (χ1) is 9.97. The summed E-state index contributed by atoms with van der Waals surface area (Å²) in [5.41, 5.74) is 0.378. The van der Waals surface area contributed by atoms with E-state index in [1.54, 1.807) is 24.3 Å². The minimum absolute atomic E-state index is 0.0410. The summed E-state index contributed by atoms with van der Waals surface area (Å²) < 4.78 is 38.8. The molecule has 21 heavy (non-hydrogen) atoms. The lowest BCUT2D eigenvalue weighted by atomic mass is 10.3. The molecule has 0 fully saturated rings. The van der Waals surface area contributed by atoms with Gasteiger partial charge in [0.15, 0.2) is 17.5 Å². The Morgan fingerprint density at radius 2 is 1.71 bits per heavy atom. The van der Waals surface area contributed by atoms with Gasteiger partial charge in [-0.1, -0.05) is 23.7 Å². The van der Waals surface area contributed by atoms with Crippen LogP contribution in [0.5, 0.6) is 0 Å². The average Bonchev–Trinajstić information content (AvgIpc) is 2.45. The van der Waals surface area contributed by atoms with E-state index >= 15 is 0 Å². The van der Waals surface area contributed by atoms with Crippen molar-refractivity contribution in [1.29, 1.82) is 0 Å². The average molecular weight is 315 g/mol. The molecule has 0 aromatic heterocycles. The normalized spacial score (nSPS) is 10.3. The van der Waals surface area contributed by atoms with Crippen LogP contribution >= 0.6 is 11.6 Å². The monoisotopic (exact) mass is 314 g/mol. The first-order valence-electron chi connectivity index (χ1n) is 5.90. The summed E-state index contributed by atoms with van der Waals surface area (Å²) >= 11 is 5.87. The lowest BCUT2D eigenvalue weighted by molar-refractivity contribution is -0.114. The Hall–Kier alpha value is -2.21. The van der Waals surface area contributed by atoms with E-state index in [4.69, 9.17) is 11.6 Å². The molecule has 2 N–H and O–H groups in total. The summed E-state index contributed by atoms with van der Waals surface area (Å²) in [6.07, 6.45) is 0. The number of nitrogens with one attached hydrogen (secondary N) is 2. The molecule has 0 bridgehead atoms. The smallest absolute Gasteiger partial charge is 0.243 e. The number of rotatable bonds is 4. The highest BCUT2D eigenvalue weighted by Crippen LogP contribution is 2.20. The van der Waals surface area contributed by atoms with E-state index in [9.17, 15) is 18.0 Å². The van der Waals surface area contributed by atoms with Crippen LogP contribution in [0.1, 0.15) is 0 Å². The van der Waals surface area contributed by atoms with Gasteiger partial charge >= 0.3 is 0 Å². The molecule has 0 heterocycles. The second-order valence-electron chi connectivity index (χ2n) is 4.14. The fraction of sp³-hybridized carbons (Fsp3) is 0.0714. The molecule has 1 amide bonds.